The SMILES string of the molecule is O=C(CNC(=O)Cc1ccccc1)NCCN1CCOCC1. The fourth-order valence-electron chi connectivity index (χ4n) is 2.26. The van der Waals surface area contributed by atoms with E-state index in [1.54, 1.807) is 0 Å². The van der Waals surface area contributed by atoms with Gasteiger partial charge in [-0.25, -0.2) is 0 Å². The molecule has 1 aliphatic rings. The van der Waals surface area contributed by atoms with Crippen LogP contribution in [0.4, 0.5) is 0 Å². The number of carbonyl (C=O) groups excluding carboxylic acids is 2. The van der Waals surface area contributed by atoms with Crippen molar-refractivity contribution >= 4 is 11.8 Å². The van der Waals surface area contributed by atoms with E-state index in [2.05, 4.69) is 15.5 Å². The van der Waals surface area contributed by atoms with Crippen LogP contribution in [0.1, 0.15) is 5.56 Å². The predicted octanol–water partition coefficient (Wildman–Crippen LogP) is -0.206. The fourth-order valence-corrected chi connectivity index (χ4v) is 2.26. The molecular weight excluding hydrogens is 282 g/mol. The van der Waals surface area contributed by atoms with E-state index in [1.807, 2.05) is 30.3 Å². The normalized spacial score (nSPS) is 15.3. The van der Waals surface area contributed by atoms with E-state index in [4.69, 9.17) is 4.74 Å². The molecule has 1 saturated heterocycles. The Hall–Kier alpha value is -1.92. The van der Waals surface area contributed by atoms with Crippen LogP contribution < -0.4 is 10.6 Å². The summed E-state index contributed by atoms with van der Waals surface area (Å²) < 4.78 is 5.26. The van der Waals surface area contributed by atoms with Gasteiger partial charge in [-0.05, 0) is 5.56 Å². The van der Waals surface area contributed by atoms with Crippen LogP contribution >= 0.6 is 0 Å². The van der Waals surface area contributed by atoms with Crippen molar-refractivity contribution in [2.24, 2.45) is 0 Å². The minimum Gasteiger partial charge on any atom is -0.379 e. The number of nitrogens with zero attached hydrogens (tertiary/aromatic N) is 1. The van der Waals surface area contributed by atoms with Crippen molar-refractivity contribution in [3.63, 3.8) is 0 Å². The van der Waals surface area contributed by atoms with Crippen LogP contribution in [-0.2, 0) is 20.7 Å². The molecule has 1 fully saturated rings. The molecule has 120 valence electrons. The smallest absolute Gasteiger partial charge is 0.239 e. The molecule has 0 spiro atoms. The standard InChI is InChI=1S/C16H23N3O3/c20-15(12-14-4-2-1-3-5-14)18-13-16(21)17-6-7-19-8-10-22-11-9-19/h1-5H,6-13H2,(H,17,21)(H,18,20). The Morgan fingerprint density at radius 2 is 1.77 bits per heavy atom. The Labute approximate surface area is 130 Å². The second-order valence-corrected chi connectivity index (χ2v) is 5.24. The summed E-state index contributed by atoms with van der Waals surface area (Å²) in [6.45, 7) is 4.75. The molecule has 0 aromatic heterocycles. The van der Waals surface area contributed by atoms with Crippen LogP contribution in [0.5, 0.6) is 0 Å². The van der Waals surface area contributed by atoms with E-state index in [1.165, 1.54) is 0 Å². The summed E-state index contributed by atoms with van der Waals surface area (Å²) in [7, 11) is 0. The van der Waals surface area contributed by atoms with Crippen molar-refractivity contribution in [2.75, 3.05) is 45.9 Å². The highest BCUT2D eigenvalue weighted by Gasteiger charge is 2.10. The van der Waals surface area contributed by atoms with Crippen molar-refractivity contribution < 1.29 is 14.3 Å². The topological polar surface area (TPSA) is 70.7 Å². The van der Waals surface area contributed by atoms with Crippen LogP contribution in [0, 0.1) is 0 Å². The van der Waals surface area contributed by atoms with Gasteiger partial charge in [0.25, 0.3) is 0 Å². The van der Waals surface area contributed by atoms with E-state index >= 15 is 0 Å². The van der Waals surface area contributed by atoms with E-state index in [-0.39, 0.29) is 18.4 Å². The number of carbonyl (C=O) groups is 2. The zero-order chi connectivity index (χ0) is 15.6. The summed E-state index contributed by atoms with van der Waals surface area (Å²) >= 11 is 0. The van der Waals surface area contributed by atoms with Gasteiger partial charge in [-0.15, -0.1) is 0 Å². The summed E-state index contributed by atoms with van der Waals surface area (Å²) in [4.78, 5) is 25.6. The van der Waals surface area contributed by atoms with Crippen LogP contribution in [0.15, 0.2) is 30.3 Å². The van der Waals surface area contributed by atoms with Gasteiger partial charge >= 0.3 is 0 Å². The van der Waals surface area contributed by atoms with Gasteiger partial charge in [-0.1, -0.05) is 30.3 Å². The van der Waals surface area contributed by atoms with Gasteiger partial charge in [0.15, 0.2) is 0 Å². The van der Waals surface area contributed by atoms with Crippen LogP contribution in [0.3, 0.4) is 0 Å². The Morgan fingerprint density at radius 3 is 2.50 bits per heavy atom. The van der Waals surface area contributed by atoms with Gasteiger partial charge in [0, 0.05) is 26.2 Å². The third-order valence-electron chi connectivity index (χ3n) is 3.51. The first-order chi connectivity index (χ1) is 10.7. The highest BCUT2D eigenvalue weighted by Crippen LogP contribution is 1.98. The molecule has 6 nitrogen and oxygen atoms in total. The number of amides is 2. The molecule has 22 heavy (non-hydrogen) atoms. The summed E-state index contributed by atoms with van der Waals surface area (Å²) in [5.41, 5.74) is 0.938. The number of ether oxygens (including phenoxy) is 1. The molecule has 1 aromatic rings. The maximum atomic E-state index is 11.7. The highest BCUT2D eigenvalue weighted by atomic mass is 16.5. The number of morpholine rings is 1. The van der Waals surface area contributed by atoms with Crippen LogP contribution in [-0.4, -0.2) is 62.7 Å². The molecule has 0 aliphatic carbocycles. The second kappa shape index (κ2) is 9.17. The Balaban J connectivity index is 1.56. The molecule has 6 heteroatoms. The lowest BCUT2D eigenvalue weighted by molar-refractivity contribution is -0.125. The number of rotatable bonds is 7. The first-order valence-electron chi connectivity index (χ1n) is 7.61. The molecule has 2 rings (SSSR count). The lowest BCUT2D eigenvalue weighted by Gasteiger charge is -2.26. The number of hydrogen-bond acceptors (Lipinski definition) is 4. The van der Waals surface area contributed by atoms with Crippen molar-refractivity contribution in [1.82, 2.24) is 15.5 Å². The molecule has 0 bridgehead atoms. The minimum absolute atomic E-state index is 0.0226. The van der Waals surface area contributed by atoms with Crippen molar-refractivity contribution in [2.45, 2.75) is 6.42 Å². The third kappa shape index (κ3) is 6.24. The van der Waals surface area contributed by atoms with E-state index in [0.717, 1.165) is 38.4 Å². The molecule has 0 atom stereocenters. The lowest BCUT2D eigenvalue weighted by Crippen LogP contribution is -2.43. The first-order valence-corrected chi connectivity index (χ1v) is 7.61. The highest BCUT2D eigenvalue weighted by molar-refractivity contribution is 5.85. The minimum atomic E-state index is -0.158. The first kappa shape index (κ1) is 16.5. The van der Waals surface area contributed by atoms with E-state index in [9.17, 15) is 9.59 Å². The quantitative estimate of drug-likeness (QED) is 0.731. The molecule has 0 saturated carbocycles. The van der Waals surface area contributed by atoms with E-state index in [0.29, 0.717) is 13.0 Å². The molecule has 1 aromatic carbocycles. The van der Waals surface area contributed by atoms with Crippen LogP contribution in [0.2, 0.25) is 0 Å². The van der Waals surface area contributed by atoms with Gasteiger partial charge in [-0.2, -0.15) is 0 Å². The zero-order valence-corrected chi connectivity index (χ0v) is 12.7. The molecule has 2 amide bonds. The fraction of sp³-hybridized carbons (Fsp3) is 0.500. The second-order valence-electron chi connectivity index (χ2n) is 5.24. The molecule has 1 aliphatic heterocycles. The van der Waals surface area contributed by atoms with E-state index < -0.39 is 0 Å². The number of benzene rings is 1. The van der Waals surface area contributed by atoms with Gasteiger partial charge in [0.1, 0.15) is 0 Å². The Bertz CT molecular complexity index is 473. The van der Waals surface area contributed by atoms with Gasteiger partial charge < -0.3 is 15.4 Å². The van der Waals surface area contributed by atoms with Crippen molar-refractivity contribution in [3.8, 4) is 0 Å². The molecule has 1 heterocycles. The van der Waals surface area contributed by atoms with Gasteiger partial charge in [-0.3, -0.25) is 14.5 Å². The van der Waals surface area contributed by atoms with Crippen molar-refractivity contribution in [3.05, 3.63) is 35.9 Å². The zero-order valence-electron chi connectivity index (χ0n) is 12.7. The molecule has 0 unspecified atom stereocenters. The molecule has 0 radical (unpaired) electrons. The average molecular weight is 305 g/mol. The maximum absolute atomic E-state index is 11.7. The monoisotopic (exact) mass is 305 g/mol. The lowest BCUT2D eigenvalue weighted by atomic mass is 10.1. The Morgan fingerprint density at radius 1 is 1.05 bits per heavy atom. The summed E-state index contributed by atoms with van der Waals surface area (Å²) in [6.07, 6.45) is 0.294. The van der Waals surface area contributed by atoms with Crippen LogP contribution in [0.25, 0.3) is 0 Å². The third-order valence-corrected chi connectivity index (χ3v) is 3.51. The van der Waals surface area contributed by atoms with Gasteiger partial charge in [0.05, 0.1) is 26.2 Å². The maximum Gasteiger partial charge on any atom is 0.239 e. The summed E-state index contributed by atoms with van der Waals surface area (Å²) in [5, 5.41) is 5.45. The number of hydrogen-bond donors (Lipinski definition) is 2. The summed E-state index contributed by atoms with van der Waals surface area (Å²) in [5.74, 6) is -0.302. The predicted molar refractivity (Wildman–Crippen MR) is 83.4 cm³/mol. The summed E-state index contributed by atoms with van der Waals surface area (Å²) in [6, 6.07) is 9.47. The Kier molecular flexibility index (Phi) is 6.86. The number of nitrogens with one attached hydrogen (secondary N) is 2. The van der Waals surface area contributed by atoms with Crippen molar-refractivity contribution in [1.29, 1.82) is 0 Å². The largest absolute Gasteiger partial charge is 0.379 e. The van der Waals surface area contributed by atoms with Gasteiger partial charge in [0.2, 0.25) is 11.8 Å². The average Bonchev–Trinajstić information content (AvgIpc) is 2.55. The molecule has 2 N–H and O–H groups in total. The molecular formula is C16H23N3O3.